The van der Waals surface area contributed by atoms with Crippen molar-refractivity contribution >= 4 is 38.6 Å². The molecule has 3 rings (SSSR count). The molecule has 92 valence electrons. The first-order valence-corrected chi connectivity index (χ1v) is 6.55. The number of aromatic nitrogens is 1. The standard InChI is InChI=1S/C14H10N4S/c15-7-9-2-1-3-12(14(9)16)18-10-4-5-11-13(6-10)19-8-17-11/h1-6,8,18H,16H2. The summed E-state index contributed by atoms with van der Waals surface area (Å²) in [6.07, 6.45) is 0. The molecule has 0 fully saturated rings. The second-order valence-corrected chi connectivity index (χ2v) is 4.92. The normalized spacial score (nSPS) is 10.3. The van der Waals surface area contributed by atoms with Crippen LogP contribution in [0.3, 0.4) is 0 Å². The van der Waals surface area contributed by atoms with E-state index in [-0.39, 0.29) is 0 Å². The molecule has 2 aromatic carbocycles. The lowest BCUT2D eigenvalue weighted by molar-refractivity contribution is 1.47. The monoisotopic (exact) mass is 266 g/mol. The van der Waals surface area contributed by atoms with E-state index in [1.807, 2.05) is 35.8 Å². The van der Waals surface area contributed by atoms with E-state index < -0.39 is 0 Å². The quantitative estimate of drug-likeness (QED) is 0.696. The molecule has 19 heavy (non-hydrogen) atoms. The van der Waals surface area contributed by atoms with Crippen molar-refractivity contribution < 1.29 is 0 Å². The summed E-state index contributed by atoms with van der Waals surface area (Å²) in [5.74, 6) is 0. The van der Waals surface area contributed by atoms with Crippen molar-refractivity contribution in [3.63, 3.8) is 0 Å². The molecule has 3 N–H and O–H groups in total. The van der Waals surface area contributed by atoms with Crippen molar-refractivity contribution in [1.82, 2.24) is 4.98 Å². The number of nitrogens with one attached hydrogen (secondary N) is 1. The predicted molar refractivity (Wildman–Crippen MR) is 78.5 cm³/mol. The van der Waals surface area contributed by atoms with Crippen LogP contribution in [0, 0.1) is 11.3 Å². The summed E-state index contributed by atoms with van der Waals surface area (Å²) in [5.41, 5.74) is 11.3. The number of nitrogens with two attached hydrogens (primary N) is 1. The fourth-order valence-electron chi connectivity index (χ4n) is 1.86. The highest BCUT2D eigenvalue weighted by atomic mass is 32.1. The lowest BCUT2D eigenvalue weighted by atomic mass is 10.1. The van der Waals surface area contributed by atoms with Crippen molar-refractivity contribution in [1.29, 1.82) is 5.26 Å². The maximum absolute atomic E-state index is 8.96. The number of fused-ring (bicyclic) bond motifs is 1. The minimum atomic E-state index is 0.467. The predicted octanol–water partition coefficient (Wildman–Crippen LogP) is 3.49. The second kappa shape index (κ2) is 4.59. The van der Waals surface area contributed by atoms with Crippen LogP contribution in [0.15, 0.2) is 41.9 Å². The van der Waals surface area contributed by atoms with E-state index >= 15 is 0 Å². The molecule has 0 saturated heterocycles. The van der Waals surface area contributed by atoms with Crippen molar-refractivity contribution in [2.24, 2.45) is 0 Å². The minimum absolute atomic E-state index is 0.467. The highest BCUT2D eigenvalue weighted by molar-refractivity contribution is 7.16. The molecule has 0 saturated carbocycles. The van der Waals surface area contributed by atoms with Crippen LogP contribution in [-0.2, 0) is 0 Å². The van der Waals surface area contributed by atoms with Crippen molar-refractivity contribution in [2.45, 2.75) is 0 Å². The molecule has 1 heterocycles. The molecule has 0 aliphatic rings. The number of nitrogens with zero attached hydrogens (tertiary/aromatic N) is 2. The average molecular weight is 266 g/mol. The van der Waals surface area contributed by atoms with Gasteiger partial charge in [0, 0.05) is 5.69 Å². The maximum Gasteiger partial charge on any atom is 0.101 e. The number of rotatable bonds is 2. The molecule has 0 radical (unpaired) electrons. The molecule has 4 nitrogen and oxygen atoms in total. The third-order valence-electron chi connectivity index (χ3n) is 2.84. The van der Waals surface area contributed by atoms with E-state index in [0.717, 1.165) is 21.6 Å². The number of hydrogen-bond donors (Lipinski definition) is 2. The van der Waals surface area contributed by atoms with Crippen LogP contribution in [0.25, 0.3) is 10.2 Å². The van der Waals surface area contributed by atoms with E-state index in [1.54, 1.807) is 17.4 Å². The smallest absolute Gasteiger partial charge is 0.101 e. The Labute approximate surface area is 114 Å². The molecular weight excluding hydrogens is 256 g/mol. The van der Waals surface area contributed by atoms with Crippen LogP contribution in [-0.4, -0.2) is 4.98 Å². The zero-order chi connectivity index (χ0) is 13.2. The molecule has 5 heteroatoms. The molecular formula is C14H10N4S. The van der Waals surface area contributed by atoms with E-state index in [1.165, 1.54) is 0 Å². The average Bonchev–Trinajstić information content (AvgIpc) is 2.88. The van der Waals surface area contributed by atoms with Gasteiger partial charge in [-0.3, -0.25) is 0 Å². The molecule has 3 aromatic rings. The summed E-state index contributed by atoms with van der Waals surface area (Å²) in [7, 11) is 0. The topological polar surface area (TPSA) is 74.7 Å². The first-order chi connectivity index (χ1) is 9.28. The molecule has 0 unspecified atom stereocenters. The molecule has 0 bridgehead atoms. The fourth-order valence-corrected chi connectivity index (χ4v) is 2.58. The van der Waals surface area contributed by atoms with Gasteiger partial charge in [-0.2, -0.15) is 5.26 Å². The van der Waals surface area contributed by atoms with Gasteiger partial charge in [-0.25, -0.2) is 4.98 Å². The van der Waals surface area contributed by atoms with Gasteiger partial charge in [-0.15, -0.1) is 11.3 Å². The number of thiazole rings is 1. The van der Waals surface area contributed by atoms with E-state index in [4.69, 9.17) is 11.0 Å². The fraction of sp³-hybridized carbons (Fsp3) is 0. The van der Waals surface area contributed by atoms with Crippen LogP contribution in [0.4, 0.5) is 17.1 Å². The molecule has 0 atom stereocenters. The number of para-hydroxylation sites is 1. The number of hydrogen-bond acceptors (Lipinski definition) is 5. The summed E-state index contributed by atoms with van der Waals surface area (Å²) >= 11 is 1.59. The van der Waals surface area contributed by atoms with Gasteiger partial charge in [0.15, 0.2) is 0 Å². The zero-order valence-corrected chi connectivity index (χ0v) is 10.7. The highest BCUT2D eigenvalue weighted by Crippen LogP contribution is 2.28. The Bertz CT molecular complexity index is 785. The van der Waals surface area contributed by atoms with Gasteiger partial charge in [0.25, 0.3) is 0 Å². The Morgan fingerprint density at radius 1 is 1.26 bits per heavy atom. The molecule has 0 amide bonds. The van der Waals surface area contributed by atoms with Crippen LogP contribution >= 0.6 is 11.3 Å². The first-order valence-electron chi connectivity index (χ1n) is 5.67. The highest BCUT2D eigenvalue weighted by Gasteiger charge is 2.05. The maximum atomic E-state index is 8.96. The van der Waals surface area contributed by atoms with Crippen molar-refractivity contribution in [2.75, 3.05) is 11.1 Å². The van der Waals surface area contributed by atoms with Gasteiger partial charge in [0.2, 0.25) is 0 Å². The van der Waals surface area contributed by atoms with Crippen molar-refractivity contribution in [3.8, 4) is 6.07 Å². The lowest BCUT2D eigenvalue weighted by Crippen LogP contribution is -1.98. The lowest BCUT2D eigenvalue weighted by Gasteiger charge is -2.10. The Morgan fingerprint density at radius 3 is 3.00 bits per heavy atom. The second-order valence-electron chi connectivity index (χ2n) is 4.04. The molecule has 1 aromatic heterocycles. The number of nitrogen functional groups attached to an aromatic ring is 1. The van der Waals surface area contributed by atoms with Gasteiger partial charge in [0.1, 0.15) is 6.07 Å². The molecule has 0 aliphatic heterocycles. The Balaban J connectivity index is 1.99. The summed E-state index contributed by atoms with van der Waals surface area (Å²) in [4.78, 5) is 4.23. The molecule has 0 spiro atoms. The summed E-state index contributed by atoms with van der Waals surface area (Å²) in [6.45, 7) is 0. The Morgan fingerprint density at radius 2 is 2.16 bits per heavy atom. The van der Waals surface area contributed by atoms with Gasteiger partial charge in [0.05, 0.1) is 32.7 Å². The third kappa shape index (κ3) is 2.09. The summed E-state index contributed by atoms with van der Waals surface area (Å²) in [6, 6.07) is 13.4. The summed E-state index contributed by atoms with van der Waals surface area (Å²) in [5, 5.41) is 12.2. The summed E-state index contributed by atoms with van der Waals surface area (Å²) < 4.78 is 1.11. The van der Waals surface area contributed by atoms with Gasteiger partial charge < -0.3 is 11.1 Å². The van der Waals surface area contributed by atoms with E-state index in [0.29, 0.717) is 11.3 Å². The number of anilines is 3. The van der Waals surface area contributed by atoms with Gasteiger partial charge in [-0.05, 0) is 30.3 Å². The zero-order valence-electron chi connectivity index (χ0n) is 9.92. The Kier molecular flexibility index (Phi) is 2.78. The number of nitriles is 1. The SMILES string of the molecule is N#Cc1cccc(Nc2ccc3ncsc3c2)c1N. The van der Waals surface area contributed by atoms with E-state index in [9.17, 15) is 0 Å². The number of benzene rings is 2. The third-order valence-corrected chi connectivity index (χ3v) is 3.63. The first kappa shape index (κ1) is 11.5. The largest absolute Gasteiger partial charge is 0.396 e. The van der Waals surface area contributed by atoms with Crippen molar-refractivity contribution in [3.05, 3.63) is 47.5 Å². The van der Waals surface area contributed by atoms with Crippen LogP contribution in [0.1, 0.15) is 5.56 Å². The van der Waals surface area contributed by atoms with Crippen LogP contribution in [0.2, 0.25) is 0 Å². The molecule has 0 aliphatic carbocycles. The minimum Gasteiger partial charge on any atom is -0.396 e. The van der Waals surface area contributed by atoms with Gasteiger partial charge >= 0.3 is 0 Å². The van der Waals surface area contributed by atoms with Gasteiger partial charge in [-0.1, -0.05) is 6.07 Å². The van der Waals surface area contributed by atoms with Crippen LogP contribution in [0.5, 0.6) is 0 Å². The Hall–Kier alpha value is -2.58. The van der Waals surface area contributed by atoms with Crippen LogP contribution < -0.4 is 11.1 Å². The van der Waals surface area contributed by atoms with E-state index in [2.05, 4.69) is 16.4 Å².